The molecule has 1 radical (unpaired) electrons. The van der Waals surface area contributed by atoms with E-state index in [-0.39, 0.29) is 5.50 Å². The van der Waals surface area contributed by atoms with Crippen molar-refractivity contribution in [2.24, 2.45) is 0 Å². The molecule has 0 bridgehead atoms. The molecule has 0 N–H and O–H groups in total. The van der Waals surface area contributed by atoms with Gasteiger partial charge in [0.2, 0.25) is 0 Å². The average Bonchev–Trinajstić information content (AvgIpc) is 2.18. The van der Waals surface area contributed by atoms with Crippen molar-refractivity contribution in [3.63, 3.8) is 0 Å². The Morgan fingerprint density at radius 1 is 1.43 bits per heavy atom. The second-order valence-electron chi connectivity index (χ2n) is 3.57. The third-order valence-corrected chi connectivity index (χ3v) is 2.80. The SMILES string of the molecule is Cc1ccccc1N1CC[N]C(Cl)C1. The fourth-order valence-electron chi connectivity index (χ4n) is 1.79. The molecule has 0 aliphatic carbocycles. The summed E-state index contributed by atoms with van der Waals surface area (Å²) in [7, 11) is 0. The van der Waals surface area contributed by atoms with Crippen LogP contribution >= 0.6 is 11.6 Å². The Balaban J connectivity index is 2.18. The van der Waals surface area contributed by atoms with Crippen LogP contribution in [0.3, 0.4) is 0 Å². The van der Waals surface area contributed by atoms with Crippen LogP contribution < -0.4 is 10.2 Å². The van der Waals surface area contributed by atoms with E-state index in [2.05, 4.69) is 41.4 Å². The lowest BCUT2D eigenvalue weighted by atomic mass is 10.1. The van der Waals surface area contributed by atoms with Crippen LogP contribution in [0.1, 0.15) is 5.56 Å². The lowest BCUT2D eigenvalue weighted by molar-refractivity contribution is 0.541. The van der Waals surface area contributed by atoms with Crippen LogP contribution in [0.4, 0.5) is 5.69 Å². The Hall–Kier alpha value is -0.730. The van der Waals surface area contributed by atoms with Gasteiger partial charge in [-0.15, -0.1) is 11.6 Å². The zero-order valence-corrected chi connectivity index (χ0v) is 9.04. The van der Waals surface area contributed by atoms with Crippen LogP contribution in [0, 0.1) is 6.92 Å². The number of halogens is 1. The quantitative estimate of drug-likeness (QED) is 0.511. The number of nitrogens with zero attached hydrogens (tertiary/aromatic N) is 2. The summed E-state index contributed by atoms with van der Waals surface area (Å²) in [6.45, 7) is 4.77. The molecular weight excluding hydrogens is 196 g/mol. The van der Waals surface area contributed by atoms with E-state index in [1.807, 2.05) is 0 Å². The Kier molecular flexibility index (Phi) is 2.94. The van der Waals surface area contributed by atoms with Crippen LogP contribution in [0.2, 0.25) is 0 Å². The monoisotopic (exact) mass is 209 g/mol. The molecule has 1 heterocycles. The van der Waals surface area contributed by atoms with Crippen molar-refractivity contribution in [2.45, 2.75) is 12.4 Å². The van der Waals surface area contributed by atoms with Crippen molar-refractivity contribution in [1.29, 1.82) is 0 Å². The summed E-state index contributed by atoms with van der Waals surface area (Å²) < 4.78 is 0. The summed E-state index contributed by atoms with van der Waals surface area (Å²) in [5.74, 6) is 0. The summed E-state index contributed by atoms with van der Waals surface area (Å²) in [4.78, 5) is 2.31. The first-order valence-corrected chi connectivity index (χ1v) is 5.32. The molecule has 1 atom stereocenters. The van der Waals surface area contributed by atoms with Gasteiger partial charge in [0, 0.05) is 25.3 Å². The molecule has 1 aromatic rings. The van der Waals surface area contributed by atoms with Crippen molar-refractivity contribution < 1.29 is 0 Å². The van der Waals surface area contributed by atoms with E-state index in [1.165, 1.54) is 11.3 Å². The maximum Gasteiger partial charge on any atom is 0.116 e. The van der Waals surface area contributed by atoms with E-state index >= 15 is 0 Å². The van der Waals surface area contributed by atoms with E-state index in [0.717, 1.165) is 19.6 Å². The summed E-state index contributed by atoms with van der Waals surface area (Å²) in [6, 6.07) is 8.40. The van der Waals surface area contributed by atoms with Crippen LogP contribution in [-0.4, -0.2) is 25.1 Å². The second-order valence-corrected chi connectivity index (χ2v) is 4.08. The Morgan fingerprint density at radius 3 is 2.93 bits per heavy atom. The van der Waals surface area contributed by atoms with Crippen molar-refractivity contribution in [3.8, 4) is 0 Å². The minimum Gasteiger partial charge on any atom is -0.367 e. The van der Waals surface area contributed by atoms with Crippen molar-refractivity contribution in [2.75, 3.05) is 24.5 Å². The Labute approximate surface area is 89.9 Å². The molecule has 1 unspecified atom stereocenters. The lowest BCUT2D eigenvalue weighted by Crippen LogP contribution is -2.44. The molecule has 1 aromatic carbocycles. The van der Waals surface area contributed by atoms with Gasteiger partial charge in [0.05, 0.1) is 0 Å². The molecule has 0 amide bonds. The molecule has 0 aromatic heterocycles. The van der Waals surface area contributed by atoms with Crippen LogP contribution in [0.5, 0.6) is 0 Å². The highest BCUT2D eigenvalue weighted by atomic mass is 35.5. The Morgan fingerprint density at radius 2 is 2.21 bits per heavy atom. The van der Waals surface area contributed by atoms with Crippen molar-refractivity contribution in [1.82, 2.24) is 5.32 Å². The molecule has 2 rings (SSSR count). The zero-order chi connectivity index (χ0) is 9.97. The van der Waals surface area contributed by atoms with Gasteiger partial charge in [-0.05, 0) is 18.6 Å². The fraction of sp³-hybridized carbons (Fsp3) is 0.455. The maximum atomic E-state index is 6.01. The molecule has 1 saturated heterocycles. The van der Waals surface area contributed by atoms with E-state index in [1.54, 1.807) is 0 Å². The molecule has 0 saturated carbocycles. The van der Waals surface area contributed by atoms with Crippen molar-refractivity contribution >= 4 is 17.3 Å². The molecule has 1 fully saturated rings. The molecule has 0 spiro atoms. The molecular formula is C11H14ClN2. The number of aryl methyl sites for hydroxylation is 1. The van der Waals surface area contributed by atoms with E-state index in [9.17, 15) is 0 Å². The van der Waals surface area contributed by atoms with E-state index in [0.29, 0.717) is 0 Å². The zero-order valence-electron chi connectivity index (χ0n) is 8.28. The number of piperazine rings is 1. The summed E-state index contributed by atoms with van der Waals surface area (Å²) in [5.41, 5.74) is 2.54. The fourth-order valence-corrected chi connectivity index (χ4v) is 2.05. The number of hydrogen-bond acceptors (Lipinski definition) is 1. The van der Waals surface area contributed by atoms with Gasteiger partial charge in [0.15, 0.2) is 0 Å². The maximum absolute atomic E-state index is 6.01. The molecule has 14 heavy (non-hydrogen) atoms. The van der Waals surface area contributed by atoms with Gasteiger partial charge in [0.25, 0.3) is 0 Å². The first-order chi connectivity index (χ1) is 6.77. The minimum atomic E-state index is -0.0524. The summed E-state index contributed by atoms with van der Waals surface area (Å²) in [6.07, 6.45) is 0. The molecule has 75 valence electrons. The first kappa shape index (κ1) is 9.81. The molecule has 2 nitrogen and oxygen atoms in total. The van der Waals surface area contributed by atoms with Gasteiger partial charge in [-0.2, -0.15) is 0 Å². The standard InChI is InChI=1S/C11H14ClN2/c1-9-4-2-3-5-10(9)14-7-6-13-11(12)8-14/h2-5,11H,6-8H2,1H3. The van der Waals surface area contributed by atoms with Gasteiger partial charge in [-0.1, -0.05) is 18.2 Å². The van der Waals surface area contributed by atoms with Crippen molar-refractivity contribution in [3.05, 3.63) is 29.8 Å². The van der Waals surface area contributed by atoms with Crippen LogP contribution in [-0.2, 0) is 0 Å². The van der Waals surface area contributed by atoms with Gasteiger partial charge in [-0.25, -0.2) is 5.32 Å². The normalized spacial score (nSPS) is 22.4. The largest absolute Gasteiger partial charge is 0.367 e. The predicted molar refractivity (Wildman–Crippen MR) is 60.0 cm³/mol. The number of anilines is 1. The molecule has 1 aliphatic rings. The third-order valence-electron chi connectivity index (χ3n) is 2.52. The molecule has 1 aliphatic heterocycles. The molecule has 3 heteroatoms. The smallest absolute Gasteiger partial charge is 0.116 e. The number of alkyl halides is 1. The predicted octanol–water partition coefficient (Wildman–Crippen LogP) is 1.98. The number of benzene rings is 1. The van der Waals surface area contributed by atoms with Gasteiger partial charge >= 0.3 is 0 Å². The van der Waals surface area contributed by atoms with E-state index in [4.69, 9.17) is 11.6 Å². The lowest BCUT2D eigenvalue weighted by Gasteiger charge is -2.32. The first-order valence-electron chi connectivity index (χ1n) is 4.88. The summed E-state index contributed by atoms with van der Waals surface area (Å²) >= 11 is 6.01. The van der Waals surface area contributed by atoms with Crippen LogP contribution in [0.25, 0.3) is 0 Å². The van der Waals surface area contributed by atoms with Gasteiger partial charge in [-0.3, -0.25) is 0 Å². The minimum absolute atomic E-state index is 0.0524. The summed E-state index contributed by atoms with van der Waals surface area (Å²) in [5, 5.41) is 4.26. The average molecular weight is 210 g/mol. The van der Waals surface area contributed by atoms with Gasteiger partial charge < -0.3 is 4.90 Å². The third kappa shape index (κ3) is 2.02. The number of hydrogen-bond donors (Lipinski definition) is 0. The second kappa shape index (κ2) is 4.20. The number of para-hydroxylation sites is 1. The number of rotatable bonds is 1. The highest BCUT2D eigenvalue weighted by Crippen LogP contribution is 2.21. The Bertz CT molecular complexity index is 314. The highest BCUT2D eigenvalue weighted by molar-refractivity contribution is 6.20. The highest BCUT2D eigenvalue weighted by Gasteiger charge is 2.18. The van der Waals surface area contributed by atoms with Gasteiger partial charge in [0.1, 0.15) is 5.50 Å². The van der Waals surface area contributed by atoms with Crippen LogP contribution in [0.15, 0.2) is 24.3 Å². The van der Waals surface area contributed by atoms with E-state index < -0.39 is 0 Å². The topological polar surface area (TPSA) is 17.3 Å².